The molecule has 15 heavy (non-hydrogen) atoms. The molecule has 82 valence electrons. The Morgan fingerprint density at radius 2 is 2.27 bits per heavy atom. The van der Waals surface area contributed by atoms with E-state index in [0.717, 1.165) is 11.4 Å². The number of aromatic nitrogens is 2. The highest BCUT2D eigenvalue weighted by molar-refractivity contribution is 14.1. The molecule has 0 aliphatic rings. The van der Waals surface area contributed by atoms with Crippen LogP contribution in [0.5, 0.6) is 6.01 Å². The van der Waals surface area contributed by atoms with Crippen molar-refractivity contribution in [2.24, 2.45) is 0 Å². The molecule has 1 aromatic rings. The lowest BCUT2D eigenvalue weighted by Crippen LogP contribution is -2.14. The lowest BCUT2D eigenvalue weighted by molar-refractivity contribution is 0.232. The zero-order chi connectivity index (χ0) is 11.4. The summed E-state index contributed by atoms with van der Waals surface area (Å²) in [5.41, 5.74) is 1.75. The van der Waals surface area contributed by atoms with Crippen LogP contribution < -0.4 is 4.74 Å². The molecule has 0 bridgehead atoms. The van der Waals surface area contributed by atoms with Gasteiger partial charge in [-0.3, -0.25) is 4.39 Å². The number of rotatable bonds is 4. The van der Waals surface area contributed by atoms with Crippen LogP contribution in [0, 0.1) is 6.92 Å². The molecule has 1 heterocycles. The zero-order valence-corrected chi connectivity index (χ0v) is 11.2. The van der Waals surface area contributed by atoms with Gasteiger partial charge in [0.05, 0.1) is 15.7 Å². The second kappa shape index (κ2) is 5.62. The summed E-state index contributed by atoms with van der Waals surface area (Å²) in [5, 5.41) is 0. The van der Waals surface area contributed by atoms with Crippen LogP contribution >= 0.6 is 22.6 Å². The molecule has 0 aromatic carbocycles. The minimum absolute atomic E-state index is 0.00147. The first-order valence-corrected chi connectivity index (χ1v) is 6.00. The van der Waals surface area contributed by atoms with E-state index < -0.39 is 6.07 Å². The summed E-state index contributed by atoms with van der Waals surface area (Å²) < 4.78 is 18.0. The molecule has 0 aliphatic carbocycles. The van der Waals surface area contributed by atoms with Gasteiger partial charge in [-0.1, -0.05) is 22.6 Å². The maximum absolute atomic E-state index is 12.6. The number of ether oxygens (including phenoxy) is 1. The molecule has 0 spiro atoms. The zero-order valence-electron chi connectivity index (χ0n) is 9.00. The van der Waals surface area contributed by atoms with E-state index >= 15 is 0 Å². The first-order chi connectivity index (χ1) is 6.99. The third-order valence-electron chi connectivity index (χ3n) is 1.70. The molecule has 3 nitrogen and oxygen atoms in total. The van der Waals surface area contributed by atoms with Gasteiger partial charge in [-0.05, 0) is 19.9 Å². The SMILES string of the molecule is BC(F)COc1nc(C)cc(C(C)I)n1. The number of hydrogen-bond acceptors (Lipinski definition) is 3. The summed E-state index contributed by atoms with van der Waals surface area (Å²) in [6, 6.07) is 2.17. The van der Waals surface area contributed by atoms with E-state index in [4.69, 9.17) is 4.74 Å². The standard InChI is InChI=1S/C9H13BFIN2O/c1-5-3-7(6(2)12)14-9(13-5)15-4-8(10)11/h3,6,8H,4,10H2,1-2H3. The van der Waals surface area contributed by atoms with Crippen LogP contribution in [0.3, 0.4) is 0 Å². The first-order valence-electron chi connectivity index (χ1n) is 4.75. The van der Waals surface area contributed by atoms with Crippen LogP contribution in [0.25, 0.3) is 0 Å². The molecule has 6 heteroatoms. The monoisotopic (exact) mass is 322 g/mol. The second-order valence-corrected chi connectivity index (χ2v) is 5.29. The Balaban J connectivity index is 2.79. The van der Waals surface area contributed by atoms with Crippen molar-refractivity contribution < 1.29 is 9.13 Å². The van der Waals surface area contributed by atoms with Gasteiger partial charge in [0.1, 0.15) is 6.61 Å². The molecule has 2 unspecified atom stereocenters. The lowest BCUT2D eigenvalue weighted by Gasteiger charge is -2.09. The summed E-state index contributed by atoms with van der Waals surface area (Å²) in [6.07, 6.45) is -1.01. The van der Waals surface area contributed by atoms with Crippen molar-refractivity contribution in [1.82, 2.24) is 9.97 Å². The predicted octanol–water partition coefficient (Wildman–Crippen LogP) is 1.59. The van der Waals surface area contributed by atoms with Crippen molar-refractivity contribution in [2.45, 2.75) is 23.8 Å². The van der Waals surface area contributed by atoms with Crippen LogP contribution in [0.15, 0.2) is 6.07 Å². The van der Waals surface area contributed by atoms with Gasteiger partial charge in [0.25, 0.3) is 0 Å². The Hall–Kier alpha value is -0.395. The van der Waals surface area contributed by atoms with E-state index in [1.807, 2.05) is 19.9 Å². The number of aryl methyl sites for hydroxylation is 1. The number of halogens is 2. The lowest BCUT2D eigenvalue weighted by atomic mass is 10.0. The molecule has 1 aromatic heterocycles. The fourth-order valence-corrected chi connectivity index (χ4v) is 1.34. The van der Waals surface area contributed by atoms with Gasteiger partial charge in [-0.2, -0.15) is 4.98 Å². The average molecular weight is 322 g/mol. The van der Waals surface area contributed by atoms with E-state index in [0.29, 0.717) is 0 Å². The van der Waals surface area contributed by atoms with E-state index in [1.165, 1.54) is 7.85 Å². The Morgan fingerprint density at radius 1 is 1.60 bits per heavy atom. The van der Waals surface area contributed by atoms with Gasteiger partial charge in [0.15, 0.2) is 7.85 Å². The Labute approximate surface area is 103 Å². The molecule has 2 atom stereocenters. The number of hydrogen-bond donors (Lipinski definition) is 0. The van der Waals surface area contributed by atoms with Gasteiger partial charge in [0.2, 0.25) is 0 Å². The highest BCUT2D eigenvalue weighted by Gasteiger charge is 2.08. The largest absolute Gasteiger partial charge is 0.461 e. The summed E-state index contributed by atoms with van der Waals surface area (Å²) in [7, 11) is 1.44. The molecule has 0 N–H and O–H groups in total. The highest BCUT2D eigenvalue weighted by Crippen LogP contribution is 2.22. The van der Waals surface area contributed by atoms with Crippen molar-refractivity contribution in [2.75, 3.05) is 6.61 Å². The summed E-state index contributed by atoms with van der Waals surface area (Å²) >= 11 is 2.26. The second-order valence-electron chi connectivity index (χ2n) is 3.42. The molecule has 0 amide bonds. The molecule has 0 aliphatic heterocycles. The van der Waals surface area contributed by atoms with Crippen LogP contribution in [-0.2, 0) is 0 Å². The van der Waals surface area contributed by atoms with Gasteiger partial charge in [0, 0.05) is 5.69 Å². The molecular formula is C9H13BFIN2O. The van der Waals surface area contributed by atoms with Gasteiger partial charge in [-0.15, -0.1) is 0 Å². The topological polar surface area (TPSA) is 35.0 Å². The van der Waals surface area contributed by atoms with Gasteiger partial charge in [-0.25, -0.2) is 4.98 Å². The smallest absolute Gasteiger partial charge is 0.316 e. The predicted molar refractivity (Wildman–Crippen MR) is 68.1 cm³/mol. The van der Waals surface area contributed by atoms with Crippen molar-refractivity contribution >= 4 is 30.4 Å². The quantitative estimate of drug-likeness (QED) is 0.480. The van der Waals surface area contributed by atoms with Crippen molar-refractivity contribution in [3.63, 3.8) is 0 Å². The van der Waals surface area contributed by atoms with E-state index in [2.05, 4.69) is 32.6 Å². The molecular weight excluding hydrogens is 309 g/mol. The minimum Gasteiger partial charge on any atom is -0.461 e. The number of alkyl halides is 2. The highest BCUT2D eigenvalue weighted by atomic mass is 127. The first kappa shape index (κ1) is 12.7. The maximum Gasteiger partial charge on any atom is 0.316 e. The van der Waals surface area contributed by atoms with Gasteiger partial charge < -0.3 is 4.74 Å². The fraction of sp³-hybridized carbons (Fsp3) is 0.556. The van der Waals surface area contributed by atoms with Crippen LogP contribution in [0.4, 0.5) is 4.39 Å². The summed E-state index contributed by atoms with van der Waals surface area (Å²) in [5.74, 6) is 0. The Kier molecular flexibility index (Phi) is 4.75. The third-order valence-corrected chi connectivity index (χ3v) is 2.34. The minimum atomic E-state index is -1.01. The van der Waals surface area contributed by atoms with Crippen LogP contribution in [0.1, 0.15) is 22.2 Å². The van der Waals surface area contributed by atoms with Crippen molar-refractivity contribution in [3.05, 3.63) is 17.5 Å². The molecule has 0 fully saturated rings. The van der Waals surface area contributed by atoms with E-state index in [1.54, 1.807) is 0 Å². The molecule has 1 rings (SSSR count). The van der Waals surface area contributed by atoms with E-state index in [9.17, 15) is 4.39 Å². The van der Waals surface area contributed by atoms with Crippen molar-refractivity contribution in [1.29, 1.82) is 0 Å². The fourth-order valence-electron chi connectivity index (χ4n) is 1.02. The average Bonchev–Trinajstić information content (AvgIpc) is 2.13. The Bertz CT molecular complexity index is 336. The molecule has 0 saturated carbocycles. The normalized spacial score (nSPS) is 14.7. The molecule has 0 radical (unpaired) electrons. The number of nitrogens with zero attached hydrogens (tertiary/aromatic N) is 2. The Morgan fingerprint density at radius 3 is 2.80 bits per heavy atom. The maximum atomic E-state index is 12.6. The van der Waals surface area contributed by atoms with E-state index in [-0.39, 0.29) is 16.5 Å². The summed E-state index contributed by atoms with van der Waals surface area (Å²) in [6.45, 7) is 3.90. The van der Waals surface area contributed by atoms with Crippen molar-refractivity contribution in [3.8, 4) is 6.01 Å². The van der Waals surface area contributed by atoms with Gasteiger partial charge >= 0.3 is 6.01 Å². The van der Waals surface area contributed by atoms with Crippen LogP contribution in [0.2, 0.25) is 0 Å². The summed E-state index contributed by atoms with van der Waals surface area (Å²) in [4.78, 5) is 8.28. The molecule has 0 saturated heterocycles. The third kappa shape index (κ3) is 4.32. The van der Waals surface area contributed by atoms with Crippen LogP contribution in [-0.4, -0.2) is 30.5 Å².